The molecule has 0 N–H and O–H groups in total. The van der Waals surface area contributed by atoms with Gasteiger partial charge in [0, 0.05) is 22.4 Å². The van der Waals surface area contributed by atoms with E-state index in [9.17, 15) is 9.59 Å². The van der Waals surface area contributed by atoms with Gasteiger partial charge in [-0.25, -0.2) is 0 Å². The smallest absolute Gasteiger partial charge is 0.170 e. The Hall–Kier alpha value is -2.07. The molecule has 1 aliphatic rings. The zero-order valence-electron chi connectivity index (χ0n) is 10.8. The quantitative estimate of drug-likeness (QED) is 0.523. The zero-order valence-corrected chi connectivity index (χ0v) is 11.7. The molecule has 0 saturated carbocycles. The number of Topliss-reactive ketones (excluding diaryl/α,β-unsaturated/α-hetero) is 1. The molecule has 0 saturated heterocycles. The van der Waals surface area contributed by atoms with Crippen LogP contribution in [0.25, 0.3) is 6.08 Å². The third-order valence-electron chi connectivity index (χ3n) is 2.94. The Bertz CT molecular complexity index is 627. The molecule has 0 unspecified atom stereocenters. The number of rotatable bonds is 4. The second-order valence-electron chi connectivity index (χ2n) is 4.22. The van der Waals surface area contributed by atoms with Crippen LogP contribution in [-0.4, -0.2) is 18.7 Å². The first-order valence-corrected chi connectivity index (χ1v) is 6.60. The van der Waals surface area contributed by atoms with Crippen LogP contribution in [0.2, 0.25) is 0 Å². The van der Waals surface area contributed by atoms with Crippen molar-refractivity contribution in [2.24, 2.45) is 0 Å². The van der Waals surface area contributed by atoms with Crippen molar-refractivity contribution in [1.29, 1.82) is 0 Å². The van der Waals surface area contributed by atoms with Crippen LogP contribution < -0.4 is 4.74 Å². The summed E-state index contributed by atoms with van der Waals surface area (Å²) in [4.78, 5) is 23.5. The molecule has 102 valence electrons. The molecule has 1 aromatic rings. The Balaban J connectivity index is 2.58. The molecule has 0 radical (unpaired) electrons. The maximum absolute atomic E-state index is 11.9. The number of benzene rings is 1. The predicted molar refractivity (Wildman–Crippen MR) is 81.9 cm³/mol. The number of hydrogen-bond donors (Lipinski definition) is 1. The number of allylic oxidation sites excluding steroid dienone is 4. The first kappa shape index (κ1) is 14.3. The summed E-state index contributed by atoms with van der Waals surface area (Å²) in [5.74, 6) is 0.485. The average molecular weight is 286 g/mol. The van der Waals surface area contributed by atoms with Crippen molar-refractivity contribution in [2.45, 2.75) is 11.3 Å². The summed E-state index contributed by atoms with van der Waals surface area (Å²) in [6, 6.07) is 1.54. The van der Waals surface area contributed by atoms with Crippen molar-refractivity contribution in [3.8, 4) is 5.75 Å². The normalized spacial score (nSPS) is 14.3. The molecule has 1 aromatic carbocycles. The standard InChI is InChI=1S/C16H14O3S/c1-2-3-4-5-6-12-15-13(14(18)7-8-19-15)9-11(10-17)16(12)20/h2-6,9-10,20H,1,7-8H2/b4-3+,6-5+. The lowest BCUT2D eigenvalue weighted by Gasteiger charge is -2.20. The highest BCUT2D eigenvalue weighted by atomic mass is 32.1. The van der Waals surface area contributed by atoms with Crippen LogP contribution in [0.15, 0.2) is 41.8 Å². The molecule has 3 nitrogen and oxygen atoms in total. The molecule has 1 aliphatic heterocycles. The molecular weight excluding hydrogens is 272 g/mol. The largest absolute Gasteiger partial charge is 0.492 e. The highest BCUT2D eigenvalue weighted by Gasteiger charge is 2.24. The first-order chi connectivity index (χ1) is 9.69. The molecule has 0 fully saturated rings. The number of hydrogen-bond acceptors (Lipinski definition) is 4. The van der Waals surface area contributed by atoms with E-state index in [2.05, 4.69) is 19.2 Å². The summed E-state index contributed by atoms with van der Waals surface area (Å²) in [7, 11) is 0. The van der Waals surface area contributed by atoms with Crippen molar-refractivity contribution in [2.75, 3.05) is 6.61 Å². The van der Waals surface area contributed by atoms with Crippen LogP contribution in [-0.2, 0) is 0 Å². The molecule has 1 heterocycles. The van der Waals surface area contributed by atoms with E-state index >= 15 is 0 Å². The maximum Gasteiger partial charge on any atom is 0.170 e. The SMILES string of the molecule is C=C/C=C/C=C/c1c(S)c(C=O)cc2c1OCCC2=O. The van der Waals surface area contributed by atoms with Gasteiger partial charge in [-0.3, -0.25) is 9.59 Å². The van der Waals surface area contributed by atoms with Crippen molar-refractivity contribution < 1.29 is 14.3 Å². The summed E-state index contributed by atoms with van der Waals surface area (Å²) in [5, 5.41) is 0. The van der Waals surface area contributed by atoms with Crippen molar-refractivity contribution in [1.82, 2.24) is 0 Å². The van der Waals surface area contributed by atoms with E-state index in [1.165, 1.54) is 0 Å². The van der Waals surface area contributed by atoms with Gasteiger partial charge in [0.15, 0.2) is 12.1 Å². The van der Waals surface area contributed by atoms with Crippen molar-refractivity contribution >= 4 is 30.8 Å². The monoisotopic (exact) mass is 286 g/mol. The average Bonchev–Trinajstić information content (AvgIpc) is 2.45. The van der Waals surface area contributed by atoms with E-state index in [1.807, 2.05) is 0 Å². The minimum Gasteiger partial charge on any atom is -0.492 e. The summed E-state index contributed by atoms with van der Waals surface area (Å²) in [5.41, 5.74) is 1.48. The number of fused-ring (bicyclic) bond motifs is 1. The minimum atomic E-state index is -0.0148. The highest BCUT2D eigenvalue weighted by molar-refractivity contribution is 7.80. The van der Waals surface area contributed by atoms with Crippen LogP contribution in [0.5, 0.6) is 5.75 Å². The van der Waals surface area contributed by atoms with Crippen LogP contribution in [0.1, 0.15) is 32.7 Å². The number of carbonyl (C=O) groups excluding carboxylic acids is 2. The van der Waals surface area contributed by atoms with Crippen LogP contribution in [0.4, 0.5) is 0 Å². The van der Waals surface area contributed by atoms with E-state index < -0.39 is 0 Å². The summed E-state index contributed by atoms with van der Waals surface area (Å²) in [6.07, 6.45) is 9.81. The van der Waals surface area contributed by atoms with E-state index in [0.717, 1.165) is 0 Å². The maximum atomic E-state index is 11.9. The fourth-order valence-corrected chi connectivity index (χ4v) is 2.27. The van der Waals surface area contributed by atoms with Gasteiger partial charge in [0.2, 0.25) is 0 Å². The van der Waals surface area contributed by atoms with Gasteiger partial charge in [0.25, 0.3) is 0 Å². The number of ketones is 1. The fourth-order valence-electron chi connectivity index (χ4n) is 1.98. The first-order valence-electron chi connectivity index (χ1n) is 6.16. The summed E-state index contributed by atoms with van der Waals surface area (Å²) >= 11 is 4.36. The van der Waals surface area contributed by atoms with Gasteiger partial charge in [-0.1, -0.05) is 37.0 Å². The van der Waals surface area contributed by atoms with E-state index in [1.54, 1.807) is 36.4 Å². The van der Waals surface area contributed by atoms with Crippen LogP contribution in [0, 0.1) is 0 Å². The fraction of sp³-hybridized carbons (Fsp3) is 0.125. The van der Waals surface area contributed by atoms with Gasteiger partial charge in [0.05, 0.1) is 12.2 Å². The molecule has 0 amide bonds. The number of aldehydes is 1. The topological polar surface area (TPSA) is 43.4 Å². The minimum absolute atomic E-state index is 0.0148. The third-order valence-corrected chi connectivity index (χ3v) is 3.44. The number of ether oxygens (including phenoxy) is 1. The molecule has 20 heavy (non-hydrogen) atoms. The van der Waals surface area contributed by atoms with E-state index in [4.69, 9.17) is 4.74 Å². The van der Waals surface area contributed by atoms with Crippen molar-refractivity contribution in [3.05, 3.63) is 53.6 Å². The van der Waals surface area contributed by atoms with Gasteiger partial charge >= 0.3 is 0 Å². The predicted octanol–water partition coefficient (Wildman–Crippen LogP) is 3.51. The Morgan fingerprint density at radius 1 is 1.30 bits per heavy atom. The molecule has 2 rings (SSSR count). The molecule has 0 aromatic heterocycles. The van der Waals surface area contributed by atoms with Gasteiger partial charge in [0.1, 0.15) is 5.75 Å². The Morgan fingerprint density at radius 2 is 2.10 bits per heavy atom. The lowest BCUT2D eigenvalue weighted by atomic mass is 9.97. The molecule has 4 heteroatoms. The number of thiol groups is 1. The lowest BCUT2D eigenvalue weighted by Crippen LogP contribution is -2.17. The van der Waals surface area contributed by atoms with Gasteiger partial charge in [-0.2, -0.15) is 0 Å². The highest BCUT2D eigenvalue weighted by Crippen LogP contribution is 2.36. The van der Waals surface area contributed by atoms with Crippen molar-refractivity contribution in [3.63, 3.8) is 0 Å². The Labute approximate surface area is 123 Å². The lowest BCUT2D eigenvalue weighted by molar-refractivity contribution is 0.0933. The third kappa shape index (κ3) is 2.75. The molecular formula is C16H14O3S. The zero-order chi connectivity index (χ0) is 14.5. The second kappa shape index (κ2) is 6.39. The molecule has 0 bridgehead atoms. The van der Waals surface area contributed by atoms with Crippen LogP contribution in [0.3, 0.4) is 0 Å². The van der Waals surface area contributed by atoms with E-state index in [-0.39, 0.29) is 5.78 Å². The second-order valence-corrected chi connectivity index (χ2v) is 4.67. The van der Waals surface area contributed by atoms with Gasteiger partial charge in [-0.15, -0.1) is 12.6 Å². The number of carbonyl (C=O) groups is 2. The van der Waals surface area contributed by atoms with Gasteiger partial charge < -0.3 is 4.74 Å². The molecule has 0 aliphatic carbocycles. The summed E-state index contributed by atoms with van der Waals surface area (Å²) < 4.78 is 5.58. The van der Waals surface area contributed by atoms with E-state index in [0.29, 0.717) is 46.6 Å². The molecule has 0 spiro atoms. The Morgan fingerprint density at radius 3 is 2.80 bits per heavy atom. The Kier molecular flexibility index (Phi) is 4.58. The van der Waals surface area contributed by atoms with Crippen LogP contribution >= 0.6 is 12.6 Å². The molecule has 0 atom stereocenters. The van der Waals surface area contributed by atoms with Gasteiger partial charge in [-0.05, 0) is 6.07 Å². The summed E-state index contributed by atoms with van der Waals surface area (Å²) in [6.45, 7) is 3.93.